The van der Waals surface area contributed by atoms with E-state index in [0.717, 1.165) is 73.8 Å². The first-order chi connectivity index (χ1) is 20.8. The molecule has 3 atom stereocenters. The maximum Gasteiger partial charge on any atom is 0.337 e. The van der Waals surface area contributed by atoms with Gasteiger partial charge in [-0.15, -0.1) is 0 Å². The SMILES string of the molecule is Cc1nc(C)c([C@H](OC(C)(C)C)C(=O)O)c(N2CCC(C)(C)CC2)c1-c1ccc2c(c1)CCN(C1=NOC3C=CC=CC13)C2. The molecular weight excluding hydrogens is 552 g/mol. The molecule has 0 amide bonds. The molecule has 234 valence electrons. The summed E-state index contributed by atoms with van der Waals surface area (Å²) in [5.41, 5.74) is 7.52. The van der Waals surface area contributed by atoms with Crippen molar-refractivity contribution in [3.8, 4) is 11.1 Å². The van der Waals surface area contributed by atoms with Gasteiger partial charge in [0.15, 0.2) is 18.0 Å². The number of hydrogen-bond donors (Lipinski definition) is 1. The highest BCUT2D eigenvalue weighted by molar-refractivity contribution is 5.89. The van der Waals surface area contributed by atoms with Crippen LogP contribution in [0.25, 0.3) is 11.1 Å². The maximum absolute atomic E-state index is 12.8. The molecule has 1 aromatic carbocycles. The summed E-state index contributed by atoms with van der Waals surface area (Å²) in [5, 5.41) is 15.0. The molecule has 0 bridgehead atoms. The maximum atomic E-state index is 12.8. The number of oxime groups is 1. The van der Waals surface area contributed by atoms with Crippen molar-refractivity contribution in [2.75, 3.05) is 24.5 Å². The van der Waals surface area contributed by atoms with E-state index in [1.807, 2.05) is 40.7 Å². The smallest absolute Gasteiger partial charge is 0.337 e. The van der Waals surface area contributed by atoms with Crippen LogP contribution in [-0.4, -0.2) is 58.1 Å². The zero-order valence-corrected chi connectivity index (χ0v) is 27.2. The second-order valence-electron chi connectivity index (χ2n) is 14.5. The van der Waals surface area contributed by atoms with Crippen LogP contribution in [0.2, 0.25) is 0 Å². The lowest BCUT2D eigenvalue weighted by Gasteiger charge is -2.41. The third kappa shape index (κ3) is 5.88. The number of allylic oxidation sites excluding steroid dienone is 2. The predicted molar refractivity (Wildman–Crippen MR) is 174 cm³/mol. The normalized spacial score (nSPS) is 23.1. The number of pyridine rings is 1. The summed E-state index contributed by atoms with van der Waals surface area (Å²) in [6.45, 7) is 17.7. The van der Waals surface area contributed by atoms with Gasteiger partial charge < -0.3 is 24.5 Å². The van der Waals surface area contributed by atoms with Gasteiger partial charge >= 0.3 is 5.97 Å². The number of ether oxygens (including phenoxy) is 1. The van der Waals surface area contributed by atoms with Gasteiger partial charge in [-0.3, -0.25) is 4.98 Å². The molecule has 0 radical (unpaired) electrons. The number of fused-ring (bicyclic) bond motifs is 2. The highest BCUT2D eigenvalue weighted by Gasteiger charge is 2.38. The van der Waals surface area contributed by atoms with Crippen LogP contribution < -0.4 is 4.90 Å². The molecule has 1 N–H and O–H groups in total. The molecule has 1 fully saturated rings. The zero-order chi connectivity index (χ0) is 31.4. The minimum atomic E-state index is -1.13. The molecule has 44 heavy (non-hydrogen) atoms. The van der Waals surface area contributed by atoms with Crippen molar-refractivity contribution < 1.29 is 19.5 Å². The van der Waals surface area contributed by atoms with Crippen LogP contribution in [0.5, 0.6) is 0 Å². The molecule has 1 aliphatic carbocycles. The lowest BCUT2D eigenvalue weighted by Crippen LogP contribution is -2.40. The number of rotatable bonds is 5. The topological polar surface area (TPSA) is 87.5 Å². The molecule has 2 unspecified atom stereocenters. The fourth-order valence-corrected chi connectivity index (χ4v) is 7.02. The summed E-state index contributed by atoms with van der Waals surface area (Å²) in [4.78, 5) is 28.2. The van der Waals surface area contributed by atoms with E-state index in [0.29, 0.717) is 11.3 Å². The van der Waals surface area contributed by atoms with E-state index in [2.05, 4.69) is 65.2 Å². The predicted octanol–water partition coefficient (Wildman–Crippen LogP) is 6.75. The molecule has 0 saturated carbocycles. The number of carboxylic acids is 1. The van der Waals surface area contributed by atoms with Crippen molar-refractivity contribution in [2.24, 2.45) is 16.5 Å². The molecule has 6 rings (SSSR count). The monoisotopic (exact) mass is 598 g/mol. The lowest BCUT2D eigenvalue weighted by atomic mass is 9.81. The fraction of sp³-hybridized carbons (Fsp3) is 0.528. The minimum Gasteiger partial charge on any atom is -0.479 e. The van der Waals surface area contributed by atoms with Gasteiger partial charge in [-0.2, -0.15) is 0 Å². The molecule has 3 aliphatic heterocycles. The van der Waals surface area contributed by atoms with E-state index in [1.165, 1.54) is 11.1 Å². The van der Waals surface area contributed by atoms with E-state index < -0.39 is 17.7 Å². The molecule has 1 aromatic heterocycles. The van der Waals surface area contributed by atoms with Crippen LogP contribution in [0.3, 0.4) is 0 Å². The standard InChI is InChI=1S/C36H46N4O4/c1-22-29(25-12-13-26-21-40(17-14-24(26)20-25)33-27-10-8-9-11-28(27)44-38-33)31(39-18-15-36(6,7)16-19-39)30(23(2)37-22)32(34(41)42)43-35(3,4)5/h8-13,20,27-28,32H,14-19,21H2,1-7H3,(H,41,42)/t27?,28?,32-/m0/s1. The first-order valence-electron chi connectivity index (χ1n) is 15.9. The van der Waals surface area contributed by atoms with Crippen molar-refractivity contribution in [1.29, 1.82) is 0 Å². The third-order valence-electron chi connectivity index (χ3n) is 9.45. The number of carboxylic acid groups (broad SMARTS) is 1. The van der Waals surface area contributed by atoms with Crippen LogP contribution in [0.4, 0.5) is 5.69 Å². The summed E-state index contributed by atoms with van der Waals surface area (Å²) in [6, 6.07) is 6.71. The van der Waals surface area contributed by atoms with Crippen molar-refractivity contribution >= 4 is 17.5 Å². The number of benzene rings is 1. The Labute approximate surface area is 261 Å². The molecule has 8 heteroatoms. The Morgan fingerprint density at radius 2 is 1.77 bits per heavy atom. The second-order valence-corrected chi connectivity index (χ2v) is 14.5. The molecule has 4 heterocycles. The van der Waals surface area contributed by atoms with Gasteiger partial charge in [-0.05, 0) is 82.1 Å². The Morgan fingerprint density at radius 3 is 2.48 bits per heavy atom. The Morgan fingerprint density at radius 1 is 1.05 bits per heavy atom. The quantitative estimate of drug-likeness (QED) is 0.408. The number of amidine groups is 1. The van der Waals surface area contributed by atoms with Crippen LogP contribution in [0.15, 0.2) is 47.7 Å². The molecular formula is C36H46N4O4. The van der Waals surface area contributed by atoms with Gasteiger partial charge in [0.1, 0.15) is 0 Å². The summed E-state index contributed by atoms with van der Waals surface area (Å²) in [6.07, 6.45) is 10.2. The van der Waals surface area contributed by atoms with Gasteiger partial charge in [0, 0.05) is 48.7 Å². The number of aryl methyl sites for hydroxylation is 2. The lowest BCUT2D eigenvalue weighted by molar-refractivity contribution is -0.160. The van der Waals surface area contributed by atoms with Gasteiger partial charge in [0.05, 0.1) is 17.2 Å². The first kappa shape index (κ1) is 30.4. The number of nitrogens with zero attached hydrogens (tertiary/aromatic N) is 4. The largest absolute Gasteiger partial charge is 0.479 e. The highest BCUT2D eigenvalue weighted by Crippen LogP contribution is 2.45. The molecule has 8 nitrogen and oxygen atoms in total. The Hall–Kier alpha value is -3.65. The van der Waals surface area contributed by atoms with Crippen LogP contribution >= 0.6 is 0 Å². The third-order valence-corrected chi connectivity index (χ3v) is 9.45. The van der Waals surface area contributed by atoms with Gasteiger partial charge in [-0.1, -0.05) is 55.4 Å². The van der Waals surface area contributed by atoms with Crippen molar-refractivity contribution in [3.05, 3.63) is 70.6 Å². The fourth-order valence-electron chi connectivity index (χ4n) is 7.02. The average molecular weight is 599 g/mol. The molecule has 0 spiro atoms. The molecule has 1 saturated heterocycles. The van der Waals surface area contributed by atoms with Gasteiger partial charge in [0.2, 0.25) is 0 Å². The van der Waals surface area contributed by atoms with Crippen LogP contribution in [0.1, 0.15) is 81.6 Å². The number of hydrogen-bond acceptors (Lipinski definition) is 7. The van der Waals surface area contributed by atoms with Crippen molar-refractivity contribution in [1.82, 2.24) is 9.88 Å². The summed E-state index contributed by atoms with van der Waals surface area (Å²) in [7, 11) is 0. The summed E-state index contributed by atoms with van der Waals surface area (Å²) < 4.78 is 6.26. The van der Waals surface area contributed by atoms with Crippen LogP contribution in [0, 0.1) is 25.2 Å². The Bertz CT molecular complexity index is 1540. The van der Waals surface area contributed by atoms with E-state index in [1.54, 1.807) is 0 Å². The van der Waals surface area contributed by atoms with Crippen molar-refractivity contribution in [3.63, 3.8) is 0 Å². The number of anilines is 1. The minimum absolute atomic E-state index is 0.0133. The Balaban J connectivity index is 1.41. The zero-order valence-electron chi connectivity index (χ0n) is 27.2. The van der Waals surface area contributed by atoms with E-state index in [-0.39, 0.29) is 17.4 Å². The molecule has 2 aromatic rings. The number of piperidine rings is 1. The number of aromatic nitrogens is 1. The van der Waals surface area contributed by atoms with Crippen molar-refractivity contribution in [2.45, 2.75) is 92.1 Å². The highest BCUT2D eigenvalue weighted by atomic mass is 16.6. The first-order valence-corrected chi connectivity index (χ1v) is 15.9. The van der Waals surface area contributed by atoms with E-state index >= 15 is 0 Å². The molecule has 4 aliphatic rings. The average Bonchev–Trinajstić information content (AvgIpc) is 3.39. The Kier molecular flexibility index (Phi) is 7.85. The van der Waals surface area contributed by atoms with Gasteiger partial charge in [-0.25, -0.2) is 4.79 Å². The second kappa shape index (κ2) is 11.4. The van der Waals surface area contributed by atoms with Gasteiger partial charge in [0.25, 0.3) is 0 Å². The summed E-state index contributed by atoms with van der Waals surface area (Å²) in [5.74, 6) is 0.172. The number of carbonyl (C=O) groups is 1. The summed E-state index contributed by atoms with van der Waals surface area (Å²) >= 11 is 0. The van der Waals surface area contributed by atoms with Crippen LogP contribution in [-0.2, 0) is 27.3 Å². The van der Waals surface area contributed by atoms with E-state index in [9.17, 15) is 9.90 Å². The number of aliphatic carboxylic acids is 1. The van der Waals surface area contributed by atoms with E-state index in [4.69, 9.17) is 14.6 Å².